The molecule has 2 rings (SSSR count). The molecule has 2 aromatic rings. The van der Waals surface area contributed by atoms with Crippen molar-refractivity contribution in [3.8, 4) is 0 Å². The van der Waals surface area contributed by atoms with Gasteiger partial charge in [0.05, 0.1) is 11.4 Å². The van der Waals surface area contributed by atoms with E-state index in [4.69, 9.17) is 5.73 Å². The number of halogens is 1. The summed E-state index contributed by atoms with van der Waals surface area (Å²) in [6.07, 6.45) is 0. The summed E-state index contributed by atoms with van der Waals surface area (Å²) in [4.78, 5) is 14.3. The van der Waals surface area contributed by atoms with E-state index < -0.39 is 0 Å². The lowest BCUT2D eigenvalue weighted by atomic mass is 10.2. The van der Waals surface area contributed by atoms with Crippen molar-refractivity contribution < 1.29 is 4.79 Å². The van der Waals surface area contributed by atoms with Gasteiger partial charge in [-0.05, 0) is 31.5 Å². The number of nitrogen functional groups attached to an aromatic ring is 1. The standard InChI is InChI=1S/C15H19BrN4O/c1-4-20-14(13(17)10(2)18-20)15(21)19(3)9-11-6-5-7-12(16)8-11/h5-8H,4,9,17H2,1-3H3. The van der Waals surface area contributed by atoms with E-state index in [2.05, 4.69) is 21.0 Å². The van der Waals surface area contributed by atoms with Gasteiger partial charge in [0, 0.05) is 24.6 Å². The van der Waals surface area contributed by atoms with Gasteiger partial charge in [0.1, 0.15) is 5.69 Å². The van der Waals surface area contributed by atoms with Crippen LogP contribution < -0.4 is 5.73 Å². The number of anilines is 1. The molecule has 0 aliphatic heterocycles. The Morgan fingerprint density at radius 1 is 1.48 bits per heavy atom. The Hall–Kier alpha value is -1.82. The second kappa shape index (κ2) is 6.30. The first-order valence-electron chi connectivity index (χ1n) is 6.76. The summed E-state index contributed by atoms with van der Waals surface area (Å²) >= 11 is 3.43. The summed E-state index contributed by atoms with van der Waals surface area (Å²) in [5.41, 5.74) is 8.67. The maximum Gasteiger partial charge on any atom is 0.274 e. The minimum Gasteiger partial charge on any atom is -0.395 e. The number of carbonyl (C=O) groups is 1. The van der Waals surface area contributed by atoms with Gasteiger partial charge in [0.25, 0.3) is 5.91 Å². The first-order chi connectivity index (χ1) is 9.93. The van der Waals surface area contributed by atoms with Crippen LogP contribution in [0.4, 0.5) is 5.69 Å². The van der Waals surface area contributed by atoms with Gasteiger partial charge in [-0.25, -0.2) is 0 Å². The van der Waals surface area contributed by atoms with Crippen LogP contribution in [-0.2, 0) is 13.1 Å². The van der Waals surface area contributed by atoms with Gasteiger partial charge < -0.3 is 10.6 Å². The average molecular weight is 351 g/mol. The fraction of sp³-hybridized carbons (Fsp3) is 0.333. The predicted octanol–water partition coefficient (Wildman–Crippen LogP) is 2.83. The number of rotatable bonds is 4. The molecule has 0 atom stereocenters. The Morgan fingerprint density at radius 2 is 2.19 bits per heavy atom. The van der Waals surface area contributed by atoms with Gasteiger partial charge in [-0.3, -0.25) is 9.48 Å². The summed E-state index contributed by atoms with van der Waals surface area (Å²) in [7, 11) is 1.77. The largest absolute Gasteiger partial charge is 0.395 e. The Morgan fingerprint density at radius 3 is 2.81 bits per heavy atom. The zero-order valence-corrected chi connectivity index (χ0v) is 14.0. The molecule has 1 aromatic heterocycles. The first kappa shape index (κ1) is 15.6. The molecule has 2 N–H and O–H groups in total. The van der Waals surface area contributed by atoms with Crippen LogP contribution in [0.1, 0.15) is 28.7 Å². The van der Waals surface area contributed by atoms with Crippen molar-refractivity contribution in [1.82, 2.24) is 14.7 Å². The predicted molar refractivity (Wildman–Crippen MR) is 87.0 cm³/mol. The van der Waals surface area contributed by atoms with Gasteiger partial charge in [-0.1, -0.05) is 28.1 Å². The third-order valence-corrected chi connectivity index (χ3v) is 3.82. The molecule has 0 saturated carbocycles. The SMILES string of the molecule is CCn1nc(C)c(N)c1C(=O)N(C)Cc1cccc(Br)c1. The zero-order chi connectivity index (χ0) is 15.6. The average Bonchev–Trinajstić information content (AvgIpc) is 2.73. The Labute approximate surface area is 132 Å². The van der Waals surface area contributed by atoms with E-state index in [-0.39, 0.29) is 5.91 Å². The molecule has 0 bridgehead atoms. The van der Waals surface area contributed by atoms with Crippen LogP contribution in [0.15, 0.2) is 28.7 Å². The summed E-state index contributed by atoms with van der Waals surface area (Å²) in [6, 6.07) is 7.89. The van der Waals surface area contributed by atoms with Crippen molar-refractivity contribution in [3.05, 3.63) is 45.7 Å². The number of benzene rings is 1. The van der Waals surface area contributed by atoms with Crippen molar-refractivity contribution in [2.45, 2.75) is 26.9 Å². The molecule has 0 radical (unpaired) electrons. The van der Waals surface area contributed by atoms with E-state index in [9.17, 15) is 4.79 Å². The normalized spacial score (nSPS) is 10.7. The van der Waals surface area contributed by atoms with Crippen LogP contribution in [0.3, 0.4) is 0 Å². The fourth-order valence-corrected chi connectivity index (χ4v) is 2.66. The van der Waals surface area contributed by atoms with E-state index in [1.807, 2.05) is 38.1 Å². The van der Waals surface area contributed by atoms with Gasteiger partial charge in [0.15, 0.2) is 0 Å². The minimum atomic E-state index is -0.116. The molecule has 6 heteroatoms. The van der Waals surface area contributed by atoms with E-state index in [0.29, 0.717) is 30.2 Å². The van der Waals surface area contributed by atoms with Gasteiger partial charge in [-0.2, -0.15) is 5.10 Å². The molecule has 1 aromatic carbocycles. The lowest BCUT2D eigenvalue weighted by molar-refractivity contribution is 0.0774. The van der Waals surface area contributed by atoms with E-state index in [0.717, 1.165) is 10.0 Å². The molecule has 5 nitrogen and oxygen atoms in total. The number of aromatic nitrogens is 2. The molecule has 0 saturated heterocycles. The summed E-state index contributed by atoms with van der Waals surface area (Å²) in [5.74, 6) is -0.116. The number of amides is 1. The molecule has 0 unspecified atom stereocenters. The first-order valence-corrected chi connectivity index (χ1v) is 7.56. The smallest absolute Gasteiger partial charge is 0.274 e. The van der Waals surface area contributed by atoms with Gasteiger partial charge in [-0.15, -0.1) is 0 Å². The lowest BCUT2D eigenvalue weighted by Crippen LogP contribution is -2.29. The van der Waals surface area contributed by atoms with E-state index in [1.165, 1.54) is 0 Å². The van der Waals surface area contributed by atoms with Crippen molar-refractivity contribution in [1.29, 1.82) is 0 Å². The van der Waals surface area contributed by atoms with Crippen LogP contribution in [-0.4, -0.2) is 27.6 Å². The third kappa shape index (κ3) is 3.26. The van der Waals surface area contributed by atoms with Crippen LogP contribution in [0, 0.1) is 6.92 Å². The molecule has 0 aliphatic rings. The monoisotopic (exact) mass is 350 g/mol. The highest BCUT2D eigenvalue weighted by atomic mass is 79.9. The van der Waals surface area contributed by atoms with E-state index in [1.54, 1.807) is 16.6 Å². The van der Waals surface area contributed by atoms with Crippen molar-refractivity contribution in [2.24, 2.45) is 0 Å². The van der Waals surface area contributed by atoms with Crippen molar-refractivity contribution in [2.75, 3.05) is 12.8 Å². The fourth-order valence-electron chi connectivity index (χ4n) is 2.21. The van der Waals surface area contributed by atoms with Crippen LogP contribution >= 0.6 is 15.9 Å². The highest BCUT2D eigenvalue weighted by Crippen LogP contribution is 2.19. The number of hydrogen-bond donors (Lipinski definition) is 1. The molecule has 1 amide bonds. The number of nitrogens with two attached hydrogens (primary N) is 1. The van der Waals surface area contributed by atoms with Crippen LogP contribution in [0.5, 0.6) is 0 Å². The van der Waals surface area contributed by atoms with Gasteiger partial charge in [0.2, 0.25) is 0 Å². The number of nitrogens with zero attached hydrogens (tertiary/aromatic N) is 3. The maximum atomic E-state index is 12.6. The van der Waals surface area contributed by atoms with Crippen molar-refractivity contribution in [3.63, 3.8) is 0 Å². The van der Waals surface area contributed by atoms with Crippen LogP contribution in [0.25, 0.3) is 0 Å². The second-order valence-corrected chi connectivity index (χ2v) is 5.87. The Balaban J connectivity index is 2.24. The third-order valence-electron chi connectivity index (χ3n) is 3.33. The molecular formula is C15H19BrN4O. The highest BCUT2D eigenvalue weighted by Gasteiger charge is 2.22. The quantitative estimate of drug-likeness (QED) is 0.921. The molecule has 0 fully saturated rings. The van der Waals surface area contributed by atoms with Crippen molar-refractivity contribution >= 4 is 27.5 Å². The molecule has 0 aliphatic carbocycles. The number of carbonyl (C=O) groups excluding carboxylic acids is 1. The highest BCUT2D eigenvalue weighted by molar-refractivity contribution is 9.10. The summed E-state index contributed by atoms with van der Waals surface area (Å²) in [5, 5.41) is 4.29. The molecule has 21 heavy (non-hydrogen) atoms. The summed E-state index contributed by atoms with van der Waals surface area (Å²) in [6.45, 7) is 4.89. The second-order valence-electron chi connectivity index (χ2n) is 4.95. The Kier molecular flexibility index (Phi) is 4.67. The maximum absolute atomic E-state index is 12.6. The molecule has 112 valence electrons. The Bertz CT molecular complexity index is 666. The van der Waals surface area contributed by atoms with E-state index >= 15 is 0 Å². The van der Waals surface area contributed by atoms with Crippen LogP contribution in [0.2, 0.25) is 0 Å². The zero-order valence-electron chi connectivity index (χ0n) is 12.4. The summed E-state index contributed by atoms with van der Waals surface area (Å²) < 4.78 is 2.65. The number of aryl methyl sites for hydroxylation is 2. The van der Waals surface area contributed by atoms with Gasteiger partial charge >= 0.3 is 0 Å². The minimum absolute atomic E-state index is 0.116. The molecular weight excluding hydrogens is 332 g/mol. The molecule has 0 spiro atoms. The molecule has 1 heterocycles. The lowest BCUT2D eigenvalue weighted by Gasteiger charge is -2.18. The number of hydrogen-bond acceptors (Lipinski definition) is 3. The topological polar surface area (TPSA) is 64.2 Å².